The Bertz CT molecular complexity index is 275. The minimum absolute atomic E-state index is 0.131. The normalized spacial score (nSPS) is 18.4. The molecule has 1 saturated heterocycles. The van der Waals surface area contributed by atoms with E-state index in [2.05, 4.69) is 11.5 Å². The van der Waals surface area contributed by atoms with Crippen molar-refractivity contribution in [3.63, 3.8) is 0 Å². The number of hydrogen-bond donors (Lipinski definition) is 0. The van der Waals surface area contributed by atoms with Crippen molar-refractivity contribution in [1.29, 1.82) is 0 Å². The maximum Gasteiger partial charge on any atom is 0.306 e. The molecular formula is C16H29NO3. The first-order valence-electron chi connectivity index (χ1n) is 7.78. The van der Waals surface area contributed by atoms with E-state index in [1.807, 2.05) is 6.08 Å². The summed E-state index contributed by atoms with van der Waals surface area (Å²) in [4.78, 5) is 13.6. The van der Waals surface area contributed by atoms with E-state index >= 15 is 0 Å². The largest absolute Gasteiger partial charge is 0.469 e. The molecule has 1 atom stereocenters. The Balaban J connectivity index is 2.25. The molecule has 0 aromatic rings. The van der Waals surface area contributed by atoms with Gasteiger partial charge in [-0.05, 0) is 38.6 Å². The first kappa shape index (κ1) is 17.2. The van der Waals surface area contributed by atoms with E-state index in [4.69, 9.17) is 9.47 Å². The minimum Gasteiger partial charge on any atom is -0.469 e. The zero-order valence-corrected chi connectivity index (χ0v) is 12.8. The summed E-state index contributed by atoms with van der Waals surface area (Å²) in [5, 5.41) is 0. The monoisotopic (exact) mass is 283 g/mol. The SMILES string of the molecule is C=CCCCCCN(CCC(=O)OC)CC1CCCO1. The molecule has 1 aliphatic rings. The second kappa shape index (κ2) is 10.9. The van der Waals surface area contributed by atoms with Crippen LogP contribution in [0, 0.1) is 0 Å². The number of unbranched alkanes of at least 4 members (excludes halogenated alkanes) is 3. The van der Waals surface area contributed by atoms with Crippen molar-refractivity contribution in [2.75, 3.05) is 33.4 Å². The molecule has 0 spiro atoms. The van der Waals surface area contributed by atoms with Crippen LogP contribution in [-0.4, -0.2) is 50.3 Å². The van der Waals surface area contributed by atoms with Crippen molar-refractivity contribution in [2.24, 2.45) is 0 Å². The Labute approximate surface area is 123 Å². The van der Waals surface area contributed by atoms with Crippen molar-refractivity contribution in [1.82, 2.24) is 4.90 Å². The van der Waals surface area contributed by atoms with Gasteiger partial charge in [0, 0.05) is 19.7 Å². The standard InChI is InChI=1S/C16H29NO3/c1-3-4-5-6-7-11-17(12-10-16(18)19-2)14-15-9-8-13-20-15/h3,15H,1,4-14H2,2H3. The molecule has 4 nitrogen and oxygen atoms in total. The molecule has 1 heterocycles. The van der Waals surface area contributed by atoms with Crippen molar-refractivity contribution in [3.8, 4) is 0 Å². The number of esters is 1. The zero-order valence-electron chi connectivity index (χ0n) is 12.8. The second-order valence-corrected chi connectivity index (χ2v) is 5.40. The van der Waals surface area contributed by atoms with Gasteiger partial charge >= 0.3 is 5.97 Å². The van der Waals surface area contributed by atoms with Crippen LogP contribution < -0.4 is 0 Å². The quantitative estimate of drug-likeness (QED) is 0.332. The summed E-state index contributed by atoms with van der Waals surface area (Å²) >= 11 is 0. The van der Waals surface area contributed by atoms with E-state index in [1.165, 1.54) is 26.4 Å². The van der Waals surface area contributed by atoms with Crippen LogP contribution in [0.4, 0.5) is 0 Å². The van der Waals surface area contributed by atoms with Crippen LogP contribution in [0.3, 0.4) is 0 Å². The number of carbonyl (C=O) groups excluding carboxylic acids is 1. The highest BCUT2D eigenvalue weighted by Crippen LogP contribution is 2.14. The molecular weight excluding hydrogens is 254 g/mol. The molecule has 0 saturated carbocycles. The van der Waals surface area contributed by atoms with Crippen molar-refractivity contribution in [2.45, 2.75) is 51.0 Å². The average Bonchev–Trinajstić information content (AvgIpc) is 2.96. The van der Waals surface area contributed by atoms with Crippen LogP contribution in [0.1, 0.15) is 44.9 Å². The summed E-state index contributed by atoms with van der Waals surface area (Å²) in [6, 6.07) is 0. The van der Waals surface area contributed by atoms with Crippen LogP contribution in [0.5, 0.6) is 0 Å². The molecule has 0 N–H and O–H groups in total. The van der Waals surface area contributed by atoms with E-state index in [1.54, 1.807) is 0 Å². The fraction of sp³-hybridized carbons (Fsp3) is 0.812. The fourth-order valence-corrected chi connectivity index (χ4v) is 2.52. The van der Waals surface area contributed by atoms with Crippen LogP contribution in [0.25, 0.3) is 0 Å². The first-order chi connectivity index (χ1) is 9.76. The van der Waals surface area contributed by atoms with Crippen molar-refractivity contribution >= 4 is 5.97 Å². The lowest BCUT2D eigenvalue weighted by atomic mass is 10.1. The fourth-order valence-electron chi connectivity index (χ4n) is 2.52. The summed E-state index contributed by atoms with van der Waals surface area (Å²) in [7, 11) is 1.45. The number of allylic oxidation sites excluding steroid dienone is 1. The van der Waals surface area contributed by atoms with Gasteiger partial charge in [0.1, 0.15) is 0 Å². The average molecular weight is 283 g/mol. The minimum atomic E-state index is -0.131. The third kappa shape index (κ3) is 7.65. The highest BCUT2D eigenvalue weighted by molar-refractivity contribution is 5.69. The van der Waals surface area contributed by atoms with Gasteiger partial charge in [-0.2, -0.15) is 0 Å². The Morgan fingerprint density at radius 1 is 1.40 bits per heavy atom. The smallest absolute Gasteiger partial charge is 0.306 e. The molecule has 1 aliphatic heterocycles. The number of nitrogens with zero attached hydrogens (tertiary/aromatic N) is 1. The summed E-state index contributed by atoms with van der Waals surface area (Å²) < 4.78 is 10.4. The summed E-state index contributed by atoms with van der Waals surface area (Å²) in [6.07, 6.45) is 9.77. The summed E-state index contributed by atoms with van der Waals surface area (Å²) in [6.45, 7) is 7.38. The zero-order chi connectivity index (χ0) is 14.6. The third-order valence-electron chi connectivity index (χ3n) is 3.73. The summed E-state index contributed by atoms with van der Waals surface area (Å²) in [5.74, 6) is -0.131. The maximum atomic E-state index is 11.3. The van der Waals surface area contributed by atoms with E-state index in [0.29, 0.717) is 12.5 Å². The molecule has 0 aliphatic carbocycles. The lowest BCUT2D eigenvalue weighted by Crippen LogP contribution is -2.34. The number of hydrogen-bond acceptors (Lipinski definition) is 4. The Kier molecular flexibility index (Phi) is 9.33. The molecule has 0 aromatic heterocycles. The molecule has 1 fully saturated rings. The summed E-state index contributed by atoms with van der Waals surface area (Å²) in [5.41, 5.74) is 0. The second-order valence-electron chi connectivity index (χ2n) is 5.40. The van der Waals surface area contributed by atoms with Crippen molar-refractivity contribution in [3.05, 3.63) is 12.7 Å². The number of carbonyl (C=O) groups is 1. The van der Waals surface area contributed by atoms with Gasteiger partial charge in [0.25, 0.3) is 0 Å². The molecule has 20 heavy (non-hydrogen) atoms. The van der Waals surface area contributed by atoms with E-state index in [9.17, 15) is 4.79 Å². The number of rotatable bonds is 11. The van der Waals surface area contributed by atoms with Crippen LogP contribution in [0.2, 0.25) is 0 Å². The Hall–Kier alpha value is -0.870. The number of methoxy groups -OCH3 is 1. The Morgan fingerprint density at radius 2 is 2.25 bits per heavy atom. The molecule has 0 aromatic carbocycles. The first-order valence-corrected chi connectivity index (χ1v) is 7.78. The van der Waals surface area contributed by atoms with Gasteiger partial charge in [0.15, 0.2) is 0 Å². The van der Waals surface area contributed by atoms with E-state index in [-0.39, 0.29) is 5.97 Å². The van der Waals surface area contributed by atoms with Gasteiger partial charge in [0.2, 0.25) is 0 Å². The third-order valence-corrected chi connectivity index (χ3v) is 3.73. The lowest BCUT2D eigenvalue weighted by Gasteiger charge is -2.24. The van der Waals surface area contributed by atoms with Gasteiger partial charge in [-0.25, -0.2) is 0 Å². The Morgan fingerprint density at radius 3 is 2.90 bits per heavy atom. The highest BCUT2D eigenvalue weighted by atomic mass is 16.5. The van der Waals surface area contributed by atoms with Gasteiger partial charge in [0.05, 0.1) is 19.6 Å². The molecule has 4 heteroatoms. The molecule has 0 bridgehead atoms. The lowest BCUT2D eigenvalue weighted by molar-refractivity contribution is -0.141. The van der Waals surface area contributed by atoms with E-state index in [0.717, 1.165) is 45.5 Å². The highest BCUT2D eigenvalue weighted by Gasteiger charge is 2.19. The van der Waals surface area contributed by atoms with Crippen molar-refractivity contribution < 1.29 is 14.3 Å². The molecule has 1 rings (SSSR count). The predicted molar refractivity (Wildman–Crippen MR) is 80.7 cm³/mol. The molecule has 1 unspecified atom stereocenters. The topological polar surface area (TPSA) is 38.8 Å². The van der Waals surface area contributed by atoms with Gasteiger partial charge in [-0.15, -0.1) is 6.58 Å². The van der Waals surface area contributed by atoms with Gasteiger partial charge in [-0.3, -0.25) is 4.79 Å². The van der Waals surface area contributed by atoms with Gasteiger partial charge < -0.3 is 14.4 Å². The number of ether oxygens (including phenoxy) is 2. The van der Waals surface area contributed by atoms with Crippen LogP contribution in [0.15, 0.2) is 12.7 Å². The maximum absolute atomic E-state index is 11.3. The predicted octanol–water partition coefficient (Wildman–Crippen LogP) is 2.78. The van der Waals surface area contributed by atoms with E-state index < -0.39 is 0 Å². The van der Waals surface area contributed by atoms with Gasteiger partial charge in [-0.1, -0.05) is 12.5 Å². The van der Waals surface area contributed by atoms with Crippen LogP contribution >= 0.6 is 0 Å². The molecule has 116 valence electrons. The molecule has 0 amide bonds. The van der Waals surface area contributed by atoms with Crippen LogP contribution in [-0.2, 0) is 14.3 Å². The molecule has 0 radical (unpaired) electrons.